The number of anilines is 2. The number of β-amino-alcohol motifs (C(OH)–C–C–N with tert-alkyl or cyclic N) is 1. The Balaban J connectivity index is 0.591. The molecule has 3 N–H and O–H groups in total. The van der Waals surface area contributed by atoms with Gasteiger partial charge in [-0.25, -0.2) is 4.98 Å². The molecular weight excluding hydrogens is 1220 g/mol. The van der Waals surface area contributed by atoms with E-state index in [0.717, 1.165) is 70.4 Å². The van der Waals surface area contributed by atoms with E-state index in [9.17, 15) is 29.5 Å². The van der Waals surface area contributed by atoms with Gasteiger partial charge in [-0.15, -0.1) is 11.3 Å². The number of aliphatic hydroxyl groups is 1. The minimum atomic E-state index is -0.981. The van der Waals surface area contributed by atoms with Crippen molar-refractivity contribution in [3.8, 4) is 22.5 Å². The third-order valence-corrected chi connectivity index (χ3v) is 18.5. The Morgan fingerprint density at radius 1 is 0.787 bits per heavy atom. The standard InChI is InChI=1S/C69H93N11O13S/c1-8-62(83)79-25-24-78(40-52(79)20-22-70)65-57-21-23-77(59-15-11-13-50-12-9-10-14-56(50)59)43-58(57)73-68(75-65)93-44-53-38-55(42-76(53)7)92-37-36-90-33-32-88-29-28-86-26-27-87-30-31-89-34-35-91-45-61(82)74-64(69(4,5)6)67(85)80-41-54(81)39-60(80)66(84)72-47(2)49-16-18-51(19-17-49)63-48(3)71-46-94-63/h8-19,46-47,52-55,60,64,81H,1,20-21,23-45H2,2-7H3,(H,72,84)(H,74,82)/t47-,52-,53-,54+,55+,60-,64+/m0/s1. The zero-order valence-corrected chi connectivity index (χ0v) is 56.0. The van der Waals surface area contributed by atoms with Gasteiger partial charge in [-0.3, -0.25) is 24.1 Å². The lowest BCUT2D eigenvalue weighted by Crippen LogP contribution is -2.58. The van der Waals surface area contributed by atoms with Crippen LogP contribution >= 0.6 is 11.3 Å². The second-order valence-corrected chi connectivity index (χ2v) is 26.1. The maximum absolute atomic E-state index is 14.1. The first-order chi connectivity index (χ1) is 45.5. The van der Waals surface area contributed by atoms with Crippen molar-refractivity contribution in [1.82, 2.24) is 40.3 Å². The van der Waals surface area contributed by atoms with Crippen LogP contribution in [0.25, 0.3) is 21.2 Å². The Bertz CT molecular complexity index is 3340. The van der Waals surface area contributed by atoms with Crippen molar-refractivity contribution in [2.45, 2.75) is 109 Å². The number of nitriles is 1. The van der Waals surface area contributed by atoms with Gasteiger partial charge in [-0.05, 0) is 67.8 Å². The summed E-state index contributed by atoms with van der Waals surface area (Å²) in [5.74, 6) is -0.693. The zero-order valence-electron chi connectivity index (χ0n) is 55.2. The largest absolute Gasteiger partial charge is 0.462 e. The SMILES string of the molecule is C=CC(=O)N1CCN(c2nc(OC[C@@H]3C[C@@H](OCCOCCOCCOCCOCCOCCOCC(=O)N[C@H](C(=O)N4C[C@H](O)C[C@H]4C(=O)N[C@@H](C)c4ccc(-c5scnc5C)cc4)C(C)(C)C)CN3C)nc3c2CCN(c2cccc4ccccc24)C3)C[C@@H]1CC#N. The average Bonchev–Trinajstić information content (AvgIpc) is 0.826. The van der Waals surface area contributed by atoms with E-state index in [1.54, 1.807) is 16.2 Å². The van der Waals surface area contributed by atoms with Crippen molar-refractivity contribution in [2.75, 3.05) is 149 Å². The zero-order chi connectivity index (χ0) is 66.6. The van der Waals surface area contributed by atoms with E-state index in [4.69, 9.17) is 47.9 Å². The van der Waals surface area contributed by atoms with E-state index in [1.807, 2.05) is 64.4 Å². The molecule has 4 aliphatic heterocycles. The molecule has 508 valence electrons. The van der Waals surface area contributed by atoms with Crippen LogP contribution < -0.4 is 25.2 Å². The van der Waals surface area contributed by atoms with Crippen molar-refractivity contribution in [1.29, 1.82) is 5.26 Å². The monoisotopic (exact) mass is 1320 g/mol. The number of benzene rings is 3. The highest BCUT2D eigenvalue weighted by Crippen LogP contribution is 2.36. The number of amides is 4. The number of nitrogens with zero attached hydrogens (tertiary/aromatic N) is 9. The number of ether oxygens (including phenoxy) is 8. The Hall–Kier alpha value is -7.22. The van der Waals surface area contributed by atoms with E-state index >= 15 is 0 Å². The molecule has 3 fully saturated rings. The number of nitrogens with one attached hydrogen (secondary N) is 2. The van der Waals surface area contributed by atoms with E-state index < -0.39 is 35.4 Å². The number of likely N-dealkylation sites (N-methyl/N-ethyl adjacent to an activating group) is 1. The van der Waals surface area contributed by atoms with Gasteiger partial charge in [0.1, 0.15) is 31.1 Å². The van der Waals surface area contributed by atoms with Crippen molar-refractivity contribution in [3.05, 3.63) is 107 Å². The molecule has 4 amide bonds. The minimum Gasteiger partial charge on any atom is -0.462 e. The Kier molecular flexibility index (Phi) is 26.4. The smallest absolute Gasteiger partial charge is 0.318 e. The number of thiazole rings is 1. The fourth-order valence-electron chi connectivity index (χ4n) is 12.4. The molecule has 0 unspecified atom stereocenters. The van der Waals surface area contributed by atoms with Crippen LogP contribution in [0.3, 0.4) is 0 Å². The summed E-state index contributed by atoms with van der Waals surface area (Å²) in [6.07, 6.45) is 2.23. The molecule has 25 heteroatoms. The normalized spacial score (nSPS) is 19.8. The van der Waals surface area contributed by atoms with Crippen LogP contribution in [0, 0.1) is 23.7 Å². The first-order valence-electron chi connectivity index (χ1n) is 32.7. The van der Waals surface area contributed by atoms with Crippen LogP contribution in [-0.2, 0) is 65.3 Å². The van der Waals surface area contributed by atoms with Crippen LogP contribution in [0.15, 0.2) is 84.9 Å². The first-order valence-corrected chi connectivity index (χ1v) is 33.5. The van der Waals surface area contributed by atoms with Gasteiger partial charge < -0.3 is 73.2 Å². The minimum absolute atomic E-state index is 0.0122. The summed E-state index contributed by atoms with van der Waals surface area (Å²) < 4.78 is 46.6. The fraction of sp³-hybridized carbons (Fsp3) is 0.565. The van der Waals surface area contributed by atoms with Crippen LogP contribution in [0.4, 0.5) is 11.5 Å². The third-order valence-electron chi connectivity index (χ3n) is 17.5. The molecule has 2 aromatic heterocycles. The lowest BCUT2D eigenvalue weighted by atomic mass is 9.85. The topological polar surface area (TPSA) is 265 Å². The number of carbonyl (C=O) groups excluding carboxylic acids is 4. The molecule has 0 saturated carbocycles. The number of fused-ring (bicyclic) bond motifs is 2. The van der Waals surface area contributed by atoms with Gasteiger partial charge >= 0.3 is 6.01 Å². The summed E-state index contributed by atoms with van der Waals surface area (Å²) in [6, 6.07) is 22.8. The number of piperazine rings is 1. The lowest BCUT2D eigenvalue weighted by molar-refractivity contribution is -0.144. The second kappa shape index (κ2) is 35.0. The van der Waals surface area contributed by atoms with Crippen molar-refractivity contribution < 1.29 is 62.2 Å². The molecule has 7 atom stereocenters. The molecule has 4 aliphatic rings. The summed E-state index contributed by atoms with van der Waals surface area (Å²) in [4.78, 5) is 79.0. The molecule has 24 nitrogen and oxygen atoms in total. The van der Waals surface area contributed by atoms with E-state index in [0.29, 0.717) is 105 Å². The summed E-state index contributed by atoms with van der Waals surface area (Å²) in [5, 5.41) is 28.6. The quantitative estimate of drug-likeness (QED) is 0.0330. The molecule has 0 spiro atoms. The maximum Gasteiger partial charge on any atom is 0.318 e. The van der Waals surface area contributed by atoms with Crippen LogP contribution in [-0.4, -0.2) is 234 Å². The van der Waals surface area contributed by atoms with Crippen LogP contribution in [0.1, 0.15) is 75.5 Å². The maximum atomic E-state index is 14.1. The summed E-state index contributed by atoms with van der Waals surface area (Å²) in [7, 11) is 2.07. The van der Waals surface area contributed by atoms with Gasteiger partial charge in [-0.1, -0.05) is 88.0 Å². The highest BCUT2D eigenvalue weighted by molar-refractivity contribution is 7.13. The number of hydrogen-bond acceptors (Lipinski definition) is 21. The van der Waals surface area contributed by atoms with Crippen molar-refractivity contribution in [3.63, 3.8) is 0 Å². The Morgan fingerprint density at radius 3 is 2.12 bits per heavy atom. The van der Waals surface area contributed by atoms with Crippen LogP contribution in [0.2, 0.25) is 0 Å². The number of hydrogen-bond donors (Lipinski definition) is 3. The molecule has 3 saturated heterocycles. The summed E-state index contributed by atoms with van der Waals surface area (Å²) >= 11 is 1.57. The van der Waals surface area contributed by atoms with Crippen molar-refractivity contribution in [2.24, 2.45) is 5.41 Å². The third kappa shape index (κ3) is 19.5. The second-order valence-electron chi connectivity index (χ2n) is 25.3. The van der Waals surface area contributed by atoms with Crippen LogP contribution in [0.5, 0.6) is 6.01 Å². The molecule has 94 heavy (non-hydrogen) atoms. The average molecular weight is 1320 g/mol. The van der Waals surface area contributed by atoms with E-state index in [-0.39, 0.29) is 75.3 Å². The number of aromatic nitrogens is 3. The predicted octanol–water partition coefficient (Wildman–Crippen LogP) is 5.68. The number of likely N-dealkylation sites (tertiary alicyclic amines) is 2. The van der Waals surface area contributed by atoms with Gasteiger partial charge in [0.25, 0.3) is 0 Å². The van der Waals surface area contributed by atoms with Gasteiger partial charge in [0, 0.05) is 68.4 Å². The van der Waals surface area contributed by atoms with Crippen molar-refractivity contribution >= 4 is 57.2 Å². The van der Waals surface area contributed by atoms with Gasteiger partial charge in [0.2, 0.25) is 23.6 Å². The molecule has 0 bridgehead atoms. The molecule has 3 aromatic carbocycles. The molecule has 0 radical (unpaired) electrons. The summed E-state index contributed by atoms with van der Waals surface area (Å²) in [6.45, 7) is 21.1. The first kappa shape index (κ1) is 71.1. The number of aryl methyl sites for hydroxylation is 1. The molecule has 9 rings (SSSR count). The highest BCUT2D eigenvalue weighted by Gasteiger charge is 2.45. The van der Waals surface area contributed by atoms with Gasteiger partial charge in [-0.2, -0.15) is 15.2 Å². The number of carbonyl (C=O) groups is 4. The Morgan fingerprint density at radius 2 is 1.46 bits per heavy atom. The molecular formula is C69H93N11O13S. The molecule has 0 aliphatic carbocycles. The Labute approximate surface area is 555 Å². The van der Waals surface area contributed by atoms with Gasteiger partial charge in [0.15, 0.2) is 0 Å². The molecule has 5 aromatic rings. The highest BCUT2D eigenvalue weighted by atomic mass is 32.1. The van der Waals surface area contributed by atoms with E-state index in [2.05, 4.69) is 92.5 Å². The van der Waals surface area contributed by atoms with Gasteiger partial charge in [0.05, 0.1) is 144 Å². The predicted molar refractivity (Wildman–Crippen MR) is 356 cm³/mol. The summed E-state index contributed by atoms with van der Waals surface area (Å²) in [5.41, 5.74) is 7.12. The molecule has 6 heterocycles. The fourth-order valence-corrected chi connectivity index (χ4v) is 13.2. The van der Waals surface area contributed by atoms with E-state index in [1.165, 1.54) is 21.7 Å². The lowest BCUT2D eigenvalue weighted by Gasteiger charge is -2.42. The number of aliphatic hydroxyl groups excluding tert-OH is 1. The number of rotatable bonds is 34.